The number of hydrogen-bond acceptors (Lipinski definition) is 1. The fourth-order valence-electron chi connectivity index (χ4n) is 1.06. The first-order valence-corrected chi connectivity index (χ1v) is 3.82. The van der Waals surface area contributed by atoms with Crippen molar-refractivity contribution in [2.75, 3.05) is 7.11 Å². The van der Waals surface area contributed by atoms with Crippen LogP contribution >= 0.6 is 0 Å². The lowest BCUT2D eigenvalue weighted by Crippen LogP contribution is -2.46. The molecular formula is C9H12FN2O+. The molecule has 0 bridgehead atoms. The number of methoxy groups -OCH3 is 1. The normalized spacial score (nSPS) is 9.69. The summed E-state index contributed by atoms with van der Waals surface area (Å²) in [6, 6.07) is 4.63. The van der Waals surface area contributed by atoms with E-state index in [4.69, 9.17) is 15.9 Å². The van der Waals surface area contributed by atoms with Crippen LogP contribution in [0, 0.1) is 5.82 Å². The quantitative estimate of drug-likeness (QED) is 0.490. The van der Waals surface area contributed by atoms with Gasteiger partial charge in [-0.1, -0.05) is 6.07 Å². The number of ether oxygens (including phenoxy) is 1. The molecule has 0 saturated carbocycles. The molecule has 0 aliphatic carbocycles. The Balaban J connectivity index is 2.89. The monoisotopic (exact) mass is 183 g/mol. The van der Waals surface area contributed by atoms with Crippen LogP contribution in [-0.2, 0) is 6.42 Å². The molecular weight excluding hydrogens is 171 g/mol. The highest BCUT2D eigenvalue weighted by Crippen LogP contribution is 2.17. The van der Waals surface area contributed by atoms with Gasteiger partial charge >= 0.3 is 0 Å². The molecule has 0 heterocycles. The van der Waals surface area contributed by atoms with Crippen LogP contribution in [0.25, 0.3) is 0 Å². The Morgan fingerprint density at radius 2 is 2.31 bits per heavy atom. The standard InChI is InChI=1S/C9H11FN2O/c1-13-8-3-2-6(4-7(8)10)5-9(11)12/h2-4H,5H2,1H3,(H3,11,12)/p+1. The Morgan fingerprint density at radius 1 is 1.62 bits per heavy atom. The van der Waals surface area contributed by atoms with E-state index in [9.17, 15) is 4.39 Å². The van der Waals surface area contributed by atoms with Crippen molar-refractivity contribution in [1.82, 2.24) is 0 Å². The minimum atomic E-state index is -0.402. The van der Waals surface area contributed by atoms with Gasteiger partial charge in [-0.15, -0.1) is 0 Å². The lowest BCUT2D eigenvalue weighted by Gasteiger charge is -2.02. The van der Waals surface area contributed by atoms with Gasteiger partial charge < -0.3 is 4.74 Å². The SMILES string of the molecule is COc1ccc(CC(N)=[NH2+])cc1F. The average Bonchev–Trinajstić information content (AvgIpc) is 2.03. The molecule has 13 heavy (non-hydrogen) atoms. The molecule has 0 spiro atoms. The number of rotatable bonds is 3. The summed E-state index contributed by atoms with van der Waals surface area (Å²) >= 11 is 0. The van der Waals surface area contributed by atoms with Gasteiger partial charge in [0.05, 0.1) is 13.5 Å². The summed E-state index contributed by atoms with van der Waals surface area (Å²) in [6.07, 6.45) is 0.376. The molecule has 0 unspecified atom stereocenters. The van der Waals surface area contributed by atoms with Crippen molar-refractivity contribution < 1.29 is 14.5 Å². The van der Waals surface area contributed by atoms with Gasteiger partial charge in [0.1, 0.15) is 0 Å². The molecule has 0 radical (unpaired) electrons. The summed E-state index contributed by atoms with van der Waals surface area (Å²) in [4.78, 5) is 0. The topological polar surface area (TPSA) is 60.8 Å². The Kier molecular flexibility index (Phi) is 2.84. The Hall–Kier alpha value is -1.58. The highest BCUT2D eigenvalue weighted by molar-refractivity contribution is 5.76. The van der Waals surface area contributed by atoms with Crippen LogP contribution in [0.15, 0.2) is 18.2 Å². The van der Waals surface area contributed by atoms with Crippen LogP contribution in [0.3, 0.4) is 0 Å². The van der Waals surface area contributed by atoms with Gasteiger partial charge in [0, 0.05) is 0 Å². The van der Waals surface area contributed by atoms with Crippen LogP contribution in [0.2, 0.25) is 0 Å². The third-order valence-electron chi connectivity index (χ3n) is 1.62. The number of hydrogen-bond donors (Lipinski definition) is 2. The third-order valence-corrected chi connectivity index (χ3v) is 1.62. The molecule has 0 aromatic heterocycles. The lowest BCUT2D eigenvalue weighted by molar-refractivity contribution is -0.117. The van der Waals surface area contributed by atoms with Gasteiger partial charge in [0.2, 0.25) is 5.84 Å². The predicted molar refractivity (Wildman–Crippen MR) is 47.8 cm³/mol. The second-order valence-electron chi connectivity index (χ2n) is 2.72. The van der Waals surface area contributed by atoms with Gasteiger partial charge in [0.25, 0.3) is 0 Å². The van der Waals surface area contributed by atoms with Crippen molar-refractivity contribution in [3.05, 3.63) is 29.6 Å². The highest BCUT2D eigenvalue weighted by Gasteiger charge is 2.05. The van der Waals surface area contributed by atoms with Crippen LogP contribution < -0.4 is 15.9 Å². The van der Waals surface area contributed by atoms with E-state index in [1.807, 2.05) is 0 Å². The molecule has 1 aromatic rings. The van der Waals surface area contributed by atoms with E-state index in [1.165, 1.54) is 13.2 Å². The van der Waals surface area contributed by atoms with Gasteiger partial charge in [-0.25, -0.2) is 4.39 Å². The van der Waals surface area contributed by atoms with Crippen LogP contribution in [-0.4, -0.2) is 12.9 Å². The first kappa shape index (κ1) is 9.51. The maximum atomic E-state index is 13.1. The first-order valence-electron chi connectivity index (χ1n) is 3.82. The zero-order chi connectivity index (χ0) is 9.84. The summed E-state index contributed by atoms with van der Waals surface area (Å²) in [6.45, 7) is 0. The summed E-state index contributed by atoms with van der Waals surface area (Å²) in [5, 5.41) is 5.29. The maximum Gasteiger partial charge on any atom is 0.242 e. The molecule has 0 saturated heterocycles. The minimum Gasteiger partial charge on any atom is -0.494 e. The average molecular weight is 183 g/mol. The molecule has 0 amide bonds. The molecule has 1 aromatic carbocycles. The first-order chi connectivity index (χ1) is 6.13. The molecule has 0 fully saturated rings. The number of nitrogens with two attached hydrogens (primary N) is 2. The molecule has 0 atom stereocenters. The van der Waals surface area contributed by atoms with Gasteiger partial charge in [-0.2, -0.15) is 0 Å². The molecule has 0 aliphatic rings. The zero-order valence-electron chi connectivity index (χ0n) is 7.38. The van der Waals surface area contributed by atoms with Crippen molar-refractivity contribution in [3.63, 3.8) is 0 Å². The summed E-state index contributed by atoms with van der Waals surface area (Å²) in [7, 11) is 1.42. The molecule has 3 nitrogen and oxygen atoms in total. The molecule has 0 aliphatic heterocycles. The predicted octanol–water partition coefficient (Wildman–Crippen LogP) is -0.507. The Labute approximate surface area is 75.8 Å². The number of benzene rings is 1. The fraction of sp³-hybridized carbons (Fsp3) is 0.222. The summed E-state index contributed by atoms with van der Waals surface area (Å²) in [5.41, 5.74) is 6.02. The number of halogens is 1. The summed E-state index contributed by atoms with van der Waals surface area (Å²) in [5.74, 6) is 0.0881. The van der Waals surface area contributed by atoms with Crippen LogP contribution in [0.5, 0.6) is 5.75 Å². The highest BCUT2D eigenvalue weighted by atomic mass is 19.1. The van der Waals surface area contributed by atoms with Crippen molar-refractivity contribution in [1.29, 1.82) is 0 Å². The van der Waals surface area contributed by atoms with Crippen molar-refractivity contribution in [2.24, 2.45) is 5.73 Å². The van der Waals surface area contributed by atoms with Gasteiger partial charge in [0.15, 0.2) is 11.6 Å². The molecule has 70 valence electrons. The van der Waals surface area contributed by atoms with Crippen LogP contribution in [0.1, 0.15) is 5.56 Å². The van der Waals surface area contributed by atoms with E-state index in [1.54, 1.807) is 12.1 Å². The van der Waals surface area contributed by atoms with E-state index in [0.29, 0.717) is 6.42 Å². The molecule has 4 N–H and O–H groups in total. The number of amidine groups is 1. The van der Waals surface area contributed by atoms with E-state index in [-0.39, 0.29) is 11.6 Å². The Bertz CT molecular complexity index is 325. The van der Waals surface area contributed by atoms with Crippen LogP contribution in [0.4, 0.5) is 4.39 Å². The minimum absolute atomic E-state index is 0.222. The zero-order valence-corrected chi connectivity index (χ0v) is 7.38. The third kappa shape index (κ3) is 2.43. The molecule has 4 heteroatoms. The van der Waals surface area contributed by atoms with E-state index < -0.39 is 5.82 Å². The van der Waals surface area contributed by atoms with E-state index in [0.717, 1.165) is 5.56 Å². The largest absolute Gasteiger partial charge is 0.494 e. The smallest absolute Gasteiger partial charge is 0.242 e. The Morgan fingerprint density at radius 3 is 2.77 bits per heavy atom. The maximum absolute atomic E-state index is 13.1. The van der Waals surface area contributed by atoms with Crippen molar-refractivity contribution in [2.45, 2.75) is 6.42 Å². The van der Waals surface area contributed by atoms with Crippen molar-refractivity contribution >= 4 is 5.84 Å². The van der Waals surface area contributed by atoms with E-state index >= 15 is 0 Å². The second kappa shape index (κ2) is 3.89. The molecule has 1 rings (SSSR count). The fourth-order valence-corrected chi connectivity index (χ4v) is 1.06. The van der Waals surface area contributed by atoms with Crippen molar-refractivity contribution in [3.8, 4) is 5.75 Å². The summed E-state index contributed by atoms with van der Waals surface area (Å²) < 4.78 is 17.8. The van der Waals surface area contributed by atoms with Gasteiger partial charge in [-0.3, -0.25) is 11.1 Å². The lowest BCUT2D eigenvalue weighted by atomic mass is 10.1. The second-order valence-corrected chi connectivity index (χ2v) is 2.72. The van der Waals surface area contributed by atoms with Gasteiger partial charge in [-0.05, 0) is 17.7 Å². The van der Waals surface area contributed by atoms with E-state index in [2.05, 4.69) is 0 Å².